The van der Waals surface area contributed by atoms with E-state index in [4.69, 9.17) is 4.74 Å². The lowest BCUT2D eigenvalue weighted by molar-refractivity contribution is -0.152. The summed E-state index contributed by atoms with van der Waals surface area (Å²) in [6.07, 6.45) is 0.186. The fraction of sp³-hybridized carbons (Fsp3) is 0.765. The van der Waals surface area contributed by atoms with Gasteiger partial charge in [-0.3, -0.25) is 9.59 Å². The molecule has 5 nitrogen and oxygen atoms in total. The molecule has 0 aromatic rings. The SMILES string of the molecule is CC(=O)OC1CC(C)C(C=O)=C2C1C(C)(C)C(O)C2(C)CO. The molecule has 1 saturated carbocycles. The maximum absolute atomic E-state index is 11.6. The van der Waals surface area contributed by atoms with Gasteiger partial charge in [0.15, 0.2) is 0 Å². The molecule has 0 heterocycles. The lowest BCUT2D eigenvalue weighted by atomic mass is 9.68. The van der Waals surface area contributed by atoms with Crippen LogP contribution in [0.15, 0.2) is 11.1 Å². The quantitative estimate of drug-likeness (QED) is 0.609. The maximum atomic E-state index is 11.6. The highest BCUT2D eigenvalue weighted by Crippen LogP contribution is 2.61. The van der Waals surface area contributed by atoms with Crippen LogP contribution in [-0.4, -0.2) is 41.3 Å². The minimum Gasteiger partial charge on any atom is -0.462 e. The summed E-state index contributed by atoms with van der Waals surface area (Å²) in [7, 11) is 0. The number of allylic oxidation sites excluding steroid dienone is 1. The van der Waals surface area contributed by atoms with Gasteiger partial charge in [-0.15, -0.1) is 0 Å². The van der Waals surface area contributed by atoms with E-state index in [-0.39, 0.29) is 30.5 Å². The Morgan fingerprint density at radius 1 is 1.41 bits per heavy atom. The van der Waals surface area contributed by atoms with Crippen LogP contribution >= 0.6 is 0 Å². The van der Waals surface area contributed by atoms with Crippen LogP contribution in [0, 0.1) is 22.7 Å². The van der Waals surface area contributed by atoms with E-state index in [1.54, 1.807) is 6.92 Å². The van der Waals surface area contributed by atoms with E-state index < -0.39 is 16.9 Å². The first kappa shape index (κ1) is 17.2. The van der Waals surface area contributed by atoms with Gasteiger partial charge in [0.05, 0.1) is 12.7 Å². The van der Waals surface area contributed by atoms with Gasteiger partial charge in [-0.2, -0.15) is 0 Å². The summed E-state index contributed by atoms with van der Waals surface area (Å²) in [6, 6.07) is 0. The average Bonchev–Trinajstić information content (AvgIpc) is 2.58. The number of carbonyl (C=O) groups is 2. The Morgan fingerprint density at radius 2 is 2.00 bits per heavy atom. The van der Waals surface area contributed by atoms with Crippen LogP contribution in [0.2, 0.25) is 0 Å². The van der Waals surface area contributed by atoms with Crippen LogP contribution in [0.5, 0.6) is 0 Å². The van der Waals surface area contributed by atoms with Crippen LogP contribution < -0.4 is 0 Å². The molecule has 0 aromatic heterocycles. The summed E-state index contributed by atoms with van der Waals surface area (Å²) in [5, 5.41) is 20.7. The number of esters is 1. The van der Waals surface area contributed by atoms with Gasteiger partial charge in [0.25, 0.3) is 0 Å². The molecule has 0 aromatic carbocycles. The van der Waals surface area contributed by atoms with E-state index in [1.165, 1.54) is 6.92 Å². The summed E-state index contributed by atoms with van der Waals surface area (Å²) >= 11 is 0. The third-order valence-corrected chi connectivity index (χ3v) is 5.61. The second-order valence-corrected chi connectivity index (χ2v) is 7.55. The summed E-state index contributed by atoms with van der Waals surface area (Å²) in [4.78, 5) is 23.1. The topological polar surface area (TPSA) is 83.8 Å². The zero-order valence-corrected chi connectivity index (χ0v) is 13.9. The van der Waals surface area contributed by atoms with Crippen molar-refractivity contribution in [2.75, 3.05) is 6.61 Å². The van der Waals surface area contributed by atoms with Gasteiger partial charge in [-0.25, -0.2) is 0 Å². The van der Waals surface area contributed by atoms with Crippen molar-refractivity contribution in [2.45, 2.75) is 53.2 Å². The Hall–Kier alpha value is -1.20. The Bertz CT molecular complexity index is 521. The van der Waals surface area contributed by atoms with Crippen LogP contribution in [0.4, 0.5) is 0 Å². The summed E-state index contributed by atoms with van der Waals surface area (Å²) in [5.74, 6) is -0.700. The molecular weight excluding hydrogens is 284 g/mol. The highest BCUT2D eigenvalue weighted by atomic mass is 16.5. The molecule has 5 unspecified atom stereocenters. The molecule has 5 heteroatoms. The second-order valence-electron chi connectivity index (χ2n) is 7.55. The van der Waals surface area contributed by atoms with Gasteiger partial charge in [-0.05, 0) is 23.5 Å². The molecule has 0 amide bonds. The molecule has 0 saturated heterocycles. The van der Waals surface area contributed by atoms with Gasteiger partial charge in [0.2, 0.25) is 0 Å². The van der Waals surface area contributed by atoms with E-state index in [0.717, 1.165) is 11.9 Å². The number of aliphatic hydroxyl groups excluding tert-OH is 2. The summed E-state index contributed by atoms with van der Waals surface area (Å²) in [6.45, 7) is 8.61. The Labute approximate surface area is 131 Å². The van der Waals surface area contributed by atoms with Crippen molar-refractivity contribution in [3.05, 3.63) is 11.1 Å². The van der Waals surface area contributed by atoms with E-state index in [2.05, 4.69) is 0 Å². The predicted molar refractivity (Wildman–Crippen MR) is 80.9 cm³/mol. The molecule has 2 N–H and O–H groups in total. The zero-order chi connectivity index (χ0) is 16.9. The molecule has 5 atom stereocenters. The van der Waals surface area contributed by atoms with Gasteiger partial charge in [-0.1, -0.05) is 27.7 Å². The van der Waals surface area contributed by atoms with Crippen molar-refractivity contribution in [3.8, 4) is 0 Å². The number of hydrogen-bond donors (Lipinski definition) is 2. The van der Waals surface area contributed by atoms with Crippen molar-refractivity contribution in [1.82, 2.24) is 0 Å². The summed E-state index contributed by atoms with van der Waals surface area (Å²) < 4.78 is 5.51. The Balaban J connectivity index is 2.67. The van der Waals surface area contributed by atoms with Crippen molar-refractivity contribution in [1.29, 1.82) is 0 Å². The molecule has 0 bridgehead atoms. The van der Waals surface area contributed by atoms with Crippen molar-refractivity contribution in [2.24, 2.45) is 22.7 Å². The number of hydrogen-bond acceptors (Lipinski definition) is 5. The standard InChI is InChI=1S/C17H26O5/c1-9-6-12(22-10(2)20)14-13(11(9)7-18)17(5,8-19)15(21)16(14,3)4/h7,9,12,14-15,19,21H,6,8H2,1-5H3. The Kier molecular flexibility index (Phi) is 4.26. The van der Waals surface area contributed by atoms with E-state index in [0.29, 0.717) is 12.0 Å². The molecule has 2 rings (SSSR count). The molecule has 1 fully saturated rings. The molecule has 124 valence electrons. The lowest BCUT2D eigenvalue weighted by Gasteiger charge is -2.40. The number of aldehydes is 1. The van der Waals surface area contributed by atoms with Crippen LogP contribution in [0.1, 0.15) is 41.0 Å². The van der Waals surface area contributed by atoms with Crippen molar-refractivity contribution >= 4 is 12.3 Å². The molecule has 2 aliphatic rings. The minimum atomic E-state index is -0.891. The first-order valence-electron chi connectivity index (χ1n) is 7.77. The zero-order valence-electron chi connectivity index (χ0n) is 13.9. The Morgan fingerprint density at radius 3 is 2.45 bits per heavy atom. The van der Waals surface area contributed by atoms with Crippen LogP contribution in [0.3, 0.4) is 0 Å². The molecule has 22 heavy (non-hydrogen) atoms. The monoisotopic (exact) mass is 310 g/mol. The van der Waals surface area contributed by atoms with Crippen molar-refractivity contribution < 1.29 is 24.5 Å². The maximum Gasteiger partial charge on any atom is 0.302 e. The highest BCUT2D eigenvalue weighted by Gasteiger charge is 2.63. The first-order chi connectivity index (χ1) is 10.1. The molecule has 0 spiro atoms. The second kappa shape index (κ2) is 5.46. The number of fused-ring (bicyclic) bond motifs is 1. The smallest absolute Gasteiger partial charge is 0.302 e. The van der Waals surface area contributed by atoms with E-state index >= 15 is 0 Å². The summed E-state index contributed by atoms with van der Waals surface area (Å²) in [5.41, 5.74) is -0.0965. The van der Waals surface area contributed by atoms with Gasteiger partial charge >= 0.3 is 5.97 Å². The number of carbonyl (C=O) groups excluding carboxylic acids is 2. The largest absolute Gasteiger partial charge is 0.462 e. The number of rotatable bonds is 3. The lowest BCUT2D eigenvalue weighted by Crippen LogP contribution is -2.42. The first-order valence-corrected chi connectivity index (χ1v) is 7.77. The number of ether oxygens (including phenoxy) is 1. The van der Waals surface area contributed by atoms with E-state index in [1.807, 2.05) is 20.8 Å². The van der Waals surface area contributed by atoms with Gasteiger partial charge < -0.3 is 14.9 Å². The predicted octanol–water partition coefficient (Wildman–Crippen LogP) is 1.47. The molecule has 0 aliphatic heterocycles. The normalized spacial score (nSPS) is 40.3. The van der Waals surface area contributed by atoms with Gasteiger partial charge in [0.1, 0.15) is 12.4 Å². The van der Waals surface area contributed by atoms with E-state index in [9.17, 15) is 19.8 Å². The minimum absolute atomic E-state index is 0.0694. The third-order valence-electron chi connectivity index (χ3n) is 5.61. The highest BCUT2D eigenvalue weighted by molar-refractivity contribution is 5.77. The molecular formula is C17H26O5. The van der Waals surface area contributed by atoms with Crippen LogP contribution in [0.25, 0.3) is 0 Å². The number of aliphatic hydroxyl groups is 2. The molecule has 2 aliphatic carbocycles. The molecule has 0 radical (unpaired) electrons. The third kappa shape index (κ3) is 2.22. The fourth-order valence-electron chi connectivity index (χ4n) is 4.60. The fourth-order valence-corrected chi connectivity index (χ4v) is 4.60. The van der Waals surface area contributed by atoms with Crippen LogP contribution in [-0.2, 0) is 14.3 Å². The van der Waals surface area contributed by atoms with Gasteiger partial charge in [0, 0.05) is 23.7 Å². The average molecular weight is 310 g/mol. The van der Waals surface area contributed by atoms with Crippen molar-refractivity contribution in [3.63, 3.8) is 0 Å².